The van der Waals surface area contributed by atoms with Crippen LogP contribution in [0, 0.1) is 31.6 Å². The molecule has 0 N–H and O–H groups in total. The van der Waals surface area contributed by atoms with Crippen molar-refractivity contribution < 1.29 is 38.1 Å². The summed E-state index contributed by atoms with van der Waals surface area (Å²) in [7, 11) is 0. The van der Waals surface area contributed by atoms with Crippen molar-refractivity contribution in [3.63, 3.8) is 0 Å². The molecule has 6 rings (SSSR count). The molecule has 2 aliphatic heterocycles. The van der Waals surface area contributed by atoms with E-state index in [2.05, 4.69) is 12.1 Å². The lowest BCUT2D eigenvalue weighted by molar-refractivity contribution is -0.159. The molecule has 2 spiro atoms. The van der Waals surface area contributed by atoms with Gasteiger partial charge in [-0.05, 0) is 127 Å². The van der Waals surface area contributed by atoms with Crippen LogP contribution in [-0.2, 0) is 38.1 Å². The van der Waals surface area contributed by atoms with E-state index in [4.69, 9.17) is 42.1 Å². The quantitative estimate of drug-likeness (QED) is 0.219. The number of rotatable bonds is 5. The molecular weight excluding hydrogens is 715 g/mol. The van der Waals surface area contributed by atoms with Crippen LogP contribution in [-0.4, -0.2) is 35.1 Å². The van der Waals surface area contributed by atoms with Gasteiger partial charge in [0.15, 0.2) is 22.7 Å². The molecule has 8 nitrogen and oxygen atoms in total. The van der Waals surface area contributed by atoms with Gasteiger partial charge >= 0.3 is 23.9 Å². The lowest BCUT2D eigenvalue weighted by Gasteiger charge is -2.34. The summed E-state index contributed by atoms with van der Waals surface area (Å²) in [6.45, 7) is 17.3. The fourth-order valence-electron chi connectivity index (χ4n) is 7.75. The fraction of sp³-hybridized carbons (Fsp3) is 0.535. The Labute approximate surface area is 323 Å². The van der Waals surface area contributed by atoms with E-state index in [1.54, 1.807) is 39.0 Å². The summed E-state index contributed by atoms with van der Waals surface area (Å²) in [6, 6.07) is 8.98. The van der Waals surface area contributed by atoms with Gasteiger partial charge in [-0.1, -0.05) is 74.2 Å². The highest BCUT2D eigenvalue weighted by atomic mass is 35.5. The number of esters is 4. The molecule has 0 unspecified atom stereocenters. The number of ether oxygens (including phenoxy) is 4. The Kier molecular flexibility index (Phi) is 11.7. The molecule has 0 aromatic heterocycles. The summed E-state index contributed by atoms with van der Waals surface area (Å²) in [6.07, 6.45) is 7.81. The molecule has 2 fully saturated rings. The molecule has 0 amide bonds. The summed E-state index contributed by atoms with van der Waals surface area (Å²) in [4.78, 5) is 50.9. The third kappa shape index (κ3) is 8.70. The van der Waals surface area contributed by atoms with E-state index < -0.39 is 28.6 Å². The van der Waals surface area contributed by atoms with Gasteiger partial charge < -0.3 is 18.9 Å². The van der Waals surface area contributed by atoms with Crippen molar-refractivity contribution in [2.24, 2.45) is 10.8 Å². The van der Waals surface area contributed by atoms with E-state index in [9.17, 15) is 19.2 Å². The predicted molar refractivity (Wildman–Crippen MR) is 206 cm³/mol. The molecule has 53 heavy (non-hydrogen) atoms. The summed E-state index contributed by atoms with van der Waals surface area (Å²) >= 11 is 12.3. The minimum absolute atomic E-state index is 0.181. The maximum atomic E-state index is 12.9. The van der Waals surface area contributed by atoms with E-state index in [0.29, 0.717) is 64.8 Å². The number of carbonyl (C=O) groups is 4. The zero-order valence-electron chi connectivity index (χ0n) is 32.5. The van der Waals surface area contributed by atoms with Gasteiger partial charge in [-0.15, -0.1) is 0 Å². The Morgan fingerprint density at radius 3 is 1.70 bits per heavy atom. The summed E-state index contributed by atoms with van der Waals surface area (Å²) < 4.78 is 23.3. The second-order valence-corrected chi connectivity index (χ2v) is 18.0. The fourth-order valence-corrected chi connectivity index (χ4v) is 8.25. The van der Waals surface area contributed by atoms with Crippen molar-refractivity contribution >= 4 is 58.2 Å². The zero-order valence-corrected chi connectivity index (χ0v) is 34.0. The van der Waals surface area contributed by atoms with Crippen LogP contribution in [0.25, 0.3) is 11.1 Å². The minimum Gasteiger partial charge on any atom is -0.447 e. The van der Waals surface area contributed by atoms with Crippen LogP contribution in [0.15, 0.2) is 41.9 Å². The number of halogens is 2. The smallest absolute Gasteiger partial charge is 0.343 e. The van der Waals surface area contributed by atoms with Crippen molar-refractivity contribution in [3.05, 3.63) is 79.7 Å². The number of benzene rings is 2. The Bertz CT molecular complexity index is 1850. The molecule has 2 aliphatic carbocycles. The molecule has 2 aromatic rings. The highest BCUT2D eigenvalue weighted by molar-refractivity contribution is 6.37. The van der Waals surface area contributed by atoms with Crippen molar-refractivity contribution in [2.75, 3.05) is 0 Å². The summed E-state index contributed by atoms with van der Waals surface area (Å²) in [5, 5.41) is 0.785. The molecule has 0 radical (unpaired) electrons. The molecule has 4 aliphatic rings. The first kappa shape index (κ1) is 40.6. The maximum Gasteiger partial charge on any atom is 0.343 e. The largest absolute Gasteiger partial charge is 0.447 e. The first-order chi connectivity index (χ1) is 24.7. The highest BCUT2D eigenvalue weighted by Gasteiger charge is 2.54. The predicted octanol–water partition coefficient (Wildman–Crippen LogP) is 10.7. The van der Waals surface area contributed by atoms with E-state index >= 15 is 0 Å². The number of hydrogen-bond acceptors (Lipinski definition) is 8. The van der Waals surface area contributed by atoms with E-state index in [1.165, 1.54) is 0 Å². The number of hydrogen-bond donors (Lipinski definition) is 0. The van der Waals surface area contributed by atoms with Gasteiger partial charge in [0.2, 0.25) is 0 Å². The molecule has 0 saturated heterocycles. The lowest BCUT2D eigenvalue weighted by atomic mass is 9.82. The third-order valence-corrected chi connectivity index (χ3v) is 10.7. The van der Waals surface area contributed by atoms with Gasteiger partial charge in [0.05, 0.1) is 16.9 Å². The van der Waals surface area contributed by atoms with E-state index in [1.807, 2.05) is 41.5 Å². The monoisotopic (exact) mass is 766 g/mol. The SMILES string of the molecule is CC(C)(C)C(=O)OC1=C(c2ccc(Cl)cc2Cl)C(=O)OC12CCCCC2.Cc1cc(C)c(C2=C(OC(=O)CC(C)(C)C)C3(CCCC3)OC2=O)c(C)c1. The van der Waals surface area contributed by atoms with E-state index in [0.717, 1.165) is 54.4 Å². The summed E-state index contributed by atoms with van der Waals surface area (Å²) in [5.41, 5.74) is 2.58. The molecular formula is C43H52Cl2O8. The van der Waals surface area contributed by atoms with Crippen LogP contribution >= 0.6 is 23.2 Å². The van der Waals surface area contributed by atoms with Crippen LogP contribution in [0.5, 0.6) is 0 Å². The Balaban J connectivity index is 0.000000204. The van der Waals surface area contributed by atoms with Crippen LogP contribution in [0.3, 0.4) is 0 Å². The molecule has 2 heterocycles. The lowest BCUT2D eigenvalue weighted by Crippen LogP contribution is -2.37. The van der Waals surface area contributed by atoms with Crippen molar-refractivity contribution in [1.29, 1.82) is 0 Å². The van der Waals surface area contributed by atoms with Gasteiger partial charge in [0.25, 0.3) is 0 Å². The Hall–Kier alpha value is -3.62. The van der Waals surface area contributed by atoms with Crippen LogP contribution < -0.4 is 0 Å². The van der Waals surface area contributed by atoms with Crippen LogP contribution in [0.2, 0.25) is 10.0 Å². The normalized spacial score (nSPS) is 19.3. The Morgan fingerprint density at radius 1 is 0.717 bits per heavy atom. The third-order valence-electron chi connectivity index (χ3n) is 10.2. The van der Waals surface area contributed by atoms with Gasteiger partial charge in [0.1, 0.15) is 11.1 Å². The van der Waals surface area contributed by atoms with Crippen LogP contribution in [0.1, 0.15) is 134 Å². The summed E-state index contributed by atoms with van der Waals surface area (Å²) in [5.74, 6) is -0.848. The van der Waals surface area contributed by atoms with Gasteiger partial charge in [0, 0.05) is 10.6 Å². The van der Waals surface area contributed by atoms with Gasteiger partial charge in [-0.3, -0.25) is 9.59 Å². The van der Waals surface area contributed by atoms with Crippen molar-refractivity contribution in [3.8, 4) is 0 Å². The number of aryl methyl sites for hydroxylation is 3. The van der Waals surface area contributed by atoms with Crippen molar-refractivity contribution in [2.45, 2.75) is 138 Å². The molecule has 2 saturated carbocycles. The van der Waals surface area contributed by atoms with Crippen molar-refractivity contribution in [1.82, 2.24) is 0 Å². The average molecular weight is 768 g/mol. The number of carbonyl (C=O) groups excluding carboxylic acids is 4. The van der Waals surface area contributed by atoms with Gasteiger partial charge in [-0.25, -0.2) is 9.59 Å². The standard InChI is InChI=1S/C23H30O4.C20H22Cl2O4/c1-14-11-15(2)18(16(3)12-14)19-20(26-17(24)13-22(4,5)6)23(27-21(19)25)9-7-8-10-23;1-19(2,3)18(24)25-16-15(13-8-7-12(21)11-14(13)22)17(23)26-20(16)9-5-4-6-10-20/h11-12H,7-10,13H2,1-6H3;7-8,11H,4-6,9-10H2,1-3H3. The molecule has 0 atom stereocenters. The van der Waals surface area contributed by atoms with Crippen LogP contribution in [0.4, 0.5) is 0 Å². The first-order valence-corrected chi connectivity index (χ1v) is 19.3. The van der Waals surface area contributed by atoms with Gasteiger partial charge in [-0.2, -0.15) is 0 Å². The highest BCUT2D eigenvalue weighted by Crippen LogP contribution is 2.50. The molecule has 0 bridgehead atoms. The topological polar surface area (TPSA) is 105 Å². The minimum atomic E-state index is -0.880. The Morgan fingerprint density at radius 2 is 1.21 bits per heavy atom. The molecule has 2 aromatic carbocycles. The molecule has 286 valence electrons. The second kappa shape index (κ2) is 15.3. The average Bonchev–Trinajstić information content (AvgIpc) is 3.67. The zero-order chi connectivity index (χ0) is 39.1. The molecule has 10 heteroatoms. The second-order valence-electron chi connectivity index (χ2n) is 17.2. The maximum absolute atomic E-state index is 12.9. The first-order valence-electron chi connectivity index (χ1n) is 18.6. The van der Waals surface area contributed by atoms with E-state index in [-0.39, 0.29) is 22.9 Å².